The van der Waals surface area contributed by atoms with Crippen molar-refractivity contribution in [2.24, 2.45) is 5.41 Å². The Balaban J connectivity index is 1.57. The molecular formula is C16H26N2O4. The second-order valence-electron chi connectivity index (χ2n) is 6.89. The molecule has 2 heterocycles. The number of nitrogens with zero attached hydrogens (tertiary/aromatic N) is 2. The van der Waals surface area contributed by atoms with Gasteiger partial charge in [-0.2, -0.15) is 0 Å². The van der Waals surface area contributed by atoms with E-state index in [1.54, 1.807) is 0 Å². The molecule has 22 heavy (non-hydrogen) atoms. The van der Waals surface area contributed by atoms with Gasteiger partial charge in [-0.05, 0) is 12.8 Å². The van der Waals surface area contributed by atoms with E-state index >= 15 is 0 Å². The molecule has 6 nitrogen and oxygen atoms in total. The van der Waals surface area contributed by atoms with Crippen molar-refractivity contribution in [1.82, 2.24) is 9.80 Å². The molecule has 1 spiro atoms. The number of aliphatic hydroxyl groups is 1. The van der Waals surface area contributed by atoms with Crippen LogP contribution < -0.4 is 0 Å². The molecule has 3 aliphatic rings. The largest absolute Gasteiger partial charge is 0.390 e. The highest BCUT2D eigenvalue weighted by molar-refractivity contribution is 6.05. The number of hydrogen-bond donors (Lipinski definition) is 1. The zero-order valence-corrected chi connectivity index (χ0v) is 13.1. The van der Waals surface area contributed by atoms with Gasteiger partial charge in [-0.25, -0.2) is 0 Å². The standard InChI is InChI=1S/C16H26N2O4/c19-13(11-17-6-8-22-9-7-17)12-18-14(20)10-16(15(18)21)4-2-1-3-5-16/h13,19H,1-12H2. The maximum Gasteiger partial charge on any atom is 0.235 e. The minimum Gasteiger partial charge on any atom is -0.390 e. The van der Waals surface area contributed by atoms with E-state index in [0.29, 0.717) is 26.2 Å². The van der Waals surface area contributed by atoms with Crippen LogP contribution in [0, 0.1) is 5.41 Å². The Labute approximate surface area is 131 Å². The molecule has 2 aliphatic heterocycles. The lowest BCUT2D eigenvalue weighted by molar-refractivity contribution is -0.144. The SMILES string of the molecule is O=C1CC2(CCCCC2)C(=O)N1CC(O)CN1CCOCC1. The van der Waals surface area contributed by atoms with Gasteiger partial charge >= 0.3 is 0 Å². The lowest BCUT2D eigenvalue weighted by Crippen LogP contribution is -2.46. The summed E-state index contributed by atoms with van der Waals surface area (Å²) in [4.78, 5) is 28.4. The molecule has 1 N–H and O–H groups in total. The average Bonchev–Trinajstić information content (AvgIpc) is 2.73. The van der Waals surface area contributed by atoms with Crippen molar-refractivity contribution in [2.75, 3.05) is 39.4 Å². The number of ether oxygens (including phenoxy) is 1. The van der Waals surface area contributed by atoms with Crippen molar-refractivity contribution in [3.63, 3.8) is 0 Å². The van der Waals surface area contributed by atoms with Gasteiger partial charge in [-0.1, -0.05) is 19.3 Å². The normalized spacial score (nSPS) is 27.6. The molecule has 1 unspecified atom stereocenters. The van der Waals surface area contributed by atoms with Crippen LogP contribution in [-0.2, 0) is 14.3 Å². The number of amides is 2. The van der Waals surface area contributed by atoms with E-state index in [-0.39, 0.29) is 18.4 Å². The first-order valence-corrected chi connectivity index (χ1v) is 8.44. The van der Waals surface area contributed by atoms with Crippen LogP contribution in [0.15, 0.2) is 0 Å². The van der Waals surface area contributed by atoms with Gasteiger partial charge in [-0.3, -0.25) is 19.4 Å². The molecule has 124 valence electrons. The van der Waals surface area contributed by atoms with Crippen molar-refractivity contribution < 1.29 is 19.4 Å². The van der Waals surface area contributed by atoms with Crippen LogP contribution in [0.1, 0.15) is 38.5 Å². The maximum atomic E-state index is 12.7. The Morgan fingerprint density at radius 1 is 1.09 bits per heavy atom. The van der Waals surface area contributed by atoms with Crippen molar-refractivity contribution in [1.29, 1.82) is 0 Å². The number of rotatable bonds is 4. The topological polar surface area (TPSA) is 70.1 Å². The van der Waals surface area contributed by atoms with Crippen LogP contribution >= 0.6 is 0 Å². The first kappa shape index (κ1) is 15.9. The van der Waals surface area contributed by atoms with E-state index in [0.717, 1.165) is 45.2 Å². The molecule has 0 bridgehead atoms. The van der Waals surface area contributed by atoms with Crippen LogP contribution in [0.4, 0.5) is 0 Å². The molecule has 2 amide bonds. The molecule has 0 aromatic carbocycles. The van der Waals surface area contributed by atoms with Crippen molar-refractivity contribution in [3.05, 3.63) is 0 Å². The highest BCUT2D eigenvalue weighted by atomic mass is 16.5. The van der Waals surface area contributed by atoms with Crippen LogP contribution in [0.3, 0.4) is 0 Å². The van der Waals surface area contributed by atoms with Crippen LogP contribution in [-0.4, -0.2) is 72.2 Å². The number of imide groups is 1. The molecule has 0 aromatic heterocycles. The van der Waals surface area contributed by atoms with E-state index in [4.69, 9.17) is 4.74 Å². The average molecular weight is 310 g/mol. The fraction of sp³-hybridized carbons (Fsp3) is 0.875. The van der Waals surface area contributed by atoms with Gasteiger partial charge in [0.15, 0.2) is 0 Å². The summed E-state index contributed by atoms with van der Waals surface area (Å²) >= 11 is 0. The smallest absolute Gasteiger partial charge is 0.235 e. The fourth-order valence-electron chi connectivity index (χ4n) is 4.01. The molecule has 0 radical (unpaired) electrons. The number of aliphatic hydroxyl groups excluding tert-OH is 1. The third-order valence-electron chi connectivity index (χ3n) is 5.27. The zero-order valence-electron chi connectivity index (χ0n) is 13.1. The first-order valence-electron chi connectivity index (χ1n) is 8.44. The van der Waals surface area contributed by atoms with Gasteiger partial charge in [0, 0.05) is 26.1 Å². The predicted molar refractivity (Wildman–Crippen MR) is 80.1 cm³/mol. The van der Waals surface area contributed by atoms with E-state index in [1.165, 1.54) is 4.90 Å². The minimum absolute atomic E-state index is 0.0433. The van der Waals surface area contributed by atoms with Crippen molar-refractivity contribution in [3.8, 4) is 0 Å². The summed E-state index contributed by atoms with van der Waals surface area (Å²) < 4.78 is 5.28. The minimum atomic E-state index is -0.676. The van der Waals surface area contributed by atoms with Crippen molar-refractivity contribution >= 4 is 11.8 Å². The Hall–Kier alpha value is -0.980. The number of β-amino-alcohol motifs (C(OH)–C–C–N with tert-alkyl or cyclic N) is 1. The maximum absolute atomic E-state index is 12.7. The second kappa shape index (κ2) is 6.64. The van der Waals surface area contributed by atoms with Crippen molar-refractivity contribution in [2.45, 2.75) is 44.6 Å². The number of morpholine rings is 1. The van der Waals surface area contributed by atoms with Crippen LogP contribution in [0.2, 0.25) is 0 Å². The molecule has 0 aromatic rings. The fourth-order valence-corrected chi connectivity index (χ4v) is 4.01. The highest BCUT2D eigenvalue weighted by Crippen LogP contribution is 2.45. The molecule has 1 saturated carbocycles. The molecule has 1 atom stereocenters. The molecular weight excluding hydrogens is 284 g/mol. The summed E-state index contributed by atoms with van der Waals surface area (Å²) in [5.74, 6) is -0.147. The molecule has 3 rings (SSSR count). The number of carbonyl (C=O) groups excluding carboxylic acids is 2. The molecule has 6 heteroatoms. The van der Waals surface area contributed by atoms with Crippen LogP contribution in [0.25, 0.3) is 0 Å². The van der Waals surface area contributed by atoms with Gasteiger partial charge in [0.05, 0.1) is 31.3 Å². The monoisotopic (exact) mass is 310 g/mol. The summed E-state index contributed by atoms with van der Waals surface area (Å²) in [6, 6.07) is 0. The Bertz CT molecular complexity index is 428. The van der Waals surface area contributed by atoms with E-state index in [1.807, 2.05) is 0 Å². The predicted octanol–water partition coefficient (Wildman–Crippen LogP) is 0.389. The van der Waals surface area contributed by atoms with Crippen LogP contribution in [0.5, 0.6) is 0 Å². The third kappa shape index (κ3) is 3.19. The van der Waals surface area contributed by atoms with Gasteiger partial charge in [0.2, 0.25) is 11.8 Å². The number of hydrogen-bond acceptors (Lipinski definition) is 5. The quantitative estimate of drug-likeness (QED) is 0.761. The Morgan fingerprint density at radius 2 is 1.77 bits per heavy atom. The van der Waals surface area contributed by atoms with E-state index in [9.17, 15) is 14.7 Å². The first-order chi connectivity index (χ1) is 10.6. The summed E-state index contributed by atoms with van der Waals surface area (Å²) in [5, 5.41) is 10.3. The molecule has 3 fully saturated rings. The van der Waals surface area contributed by atoms with E-state index in [2.05, 4.69) is 4.90 Å². The van der Waals surface area contributed by atoms with Gasteiger partial charge < -0.3 is 9.84 Å². The number of likely N-dealkylation sites (tertiary alicyclic amines) is 1. The summed E-state index contributed by atoms with van der Waals surface area (Å²) in [6.07, 6.45) is 4.54. The lowest BCUT2D eigenvalue weighted by Gasteiger charge is -2.32. The zero-order chi connectivity index (χ0) is 15.6. The highest BCUT2D eigenvalue weighted by Gasteiger charge is 2.51. The lowest BCUT2D eigenvalue weighted by atomic mass is 9.73. The summed E-state index contributed by atoms with van der Waals surface area (Å²) in [6.45, 7) is 3.57. The number of carbonyl (C=O) groups is 2. The van der Waals surface area contributed by atoms with Gasteiger partial charge in [0.1, 0.15) is 0 Å². The Morgan fingerprint density at radius 3 is 2.45 bits per heavy atom. The molecule has 2 saturated heterocycles. The van der Waals surface area contributed by atoms with Gasteiger partial charge in [0.25, 0.3) is 0 Å². The molecule has 1 aliphatic carbocycles. The Kier molecular flexibility index (Phi) is 4.80. The second-order valence-corrected chi connectivity index (χ2v) is 6.89. The van der Waals surface area contributed by atoms with E-state index < -0.39 is 11.5 Å². The summed E-state index contributed by atoms with van der Waals surface area (Å²) in [5.41, 5.74) is -0.450. The third-order valence-corrected chi connectivity index (χ3v) is 5.27. The summed E-state index contributed by atoms with van der Waals surface area (Å²) in [7, 11) is 0. The van der Waals surface area contributed by atoms with Gasteiger partial charge in [-0.15, -0.1) is 0 Å².